The largest absolute Gasteiger partial charge is 0.465 e. The van der Waals surface area contributed by atoms with Crippen LogP contribution in [0.15, 0.2) is 35.2 Å². The second kappa shape index (κ2) is 8.70. The predicted molar refractivity (Wildman–Crippen MR) is 70.5 cm³/mol. The fraction of sp³-hybridized carbons (Fsp3) is 0.417. The molecule has 17 heavy (non-hydrogen) atoms. The molecule has 0 aromatic heterocycles. The molecule has 0 fully saturated rings. The lowest BCUT2D eigenvalue weighted by Crippen LogP contribution is -2.11. The van der Waals surface area contributed by atoms with Crippen LogP contribution in [-0.4, -0.2) is 39.1 Å². The maximum absolute atomic E-state index is 11.4. The van der Waals surface area contributed by atoms with Gasteiger partial charge in [0.2, 0.25) is 0 Å². The highest BCUT2D eigenvalue weighted by Crippen LogP contribution is 2.10. The minimum atomic E-state index is -0.461. The van der Waals surface area contributed by atoms with Gasteiger partial charge in [-0.3, -0.25) is 0 Å². The molecule has 96 valence electrons. The van der Waals surface area contributed by atoms with Crippen molar-refractivity contribution in [3.63, 3.8) is 0 Å². The highest BCUT2D eigenvalue weighted by molar-refractivity contribution is 6.31. The molecule has 0 aliphatic rings. The number of methoxy groups -OCH3 is 1. The summed E-state index contributed by atoms with van der Waals surface area (Å²) in [4.78, 5) is 13.3. The molecule has 0 unspecified atom stereocenters. The summed E-state index contributed by atoms with van der Waals surface area (Å²) in [5.41, 5.74) is 0.315. The monoisotopic (exact) mass is 258 g/mol. The van der Waals surface area contributed by atoms with E-state index in [0.29, 0.717) is 12.0 Å². The van der Waals surface area contributed by atoms with Crippen LogP contribution in [0.25, 0.3) is 0 Å². The van der Waals surface area contributed by atoms with Gasteiger partial charge in [0.1, 0.15) is 5.16 Å². The Hall–Kier alpha value is -1.42. The number of halogens is 1. The average Bonchev–Trinajstić information content (AvgIpc) is 2.31. The van der Waals surface area contributed by atoms with Crippen molar-refractivity contribution >= 4 is 17.6 Å². The van der Waals surface area contributed by atoms with Crippen molar-refractivity contribution in [3.05, 3.63) is 35.2 Å². The van der Waals surface area contributed by atoms with Crippen LogP contribution in [0.4, 0.5) is 0 Å². The smallest absolute Gasteiger partial charge is 0.340 e. The van der Waals surface area contributed by atoms with Crippen LogP contribution in [0.5, 0.6) is 0 Å². The third-order valence-electron chi connectivity index (χ3n) is 1.82. The van der Waals surface area contributed by atoms with Crippen molar-refractivity contribution in [1.29, 1.82) is 0 Å². The molecule has 0 aromatic rings. The number of rotatable bonds is 6. The van der Waals surface area contributed by atoms with Gasteiger partial charge in [-0.15, -0.1) is 0 Å². The normalized spacial score (nSPS) is 12.8. The van der Waals surface area contributed by atoms with Crippen LogP contribution < -0.4 is 5.32 Å². The van der Waals surface area contributed by atoms with Crippen molar-refractivity contribution in [3.8, 4) is 0 Å². The Balaban J connectivity index is 4.57. The summed E-state index contributed by atoms with van der Waals surface area (Å²) in [7, 11) is 6.85. The molecule has 0 amide bonds. The van der Waals surface area contributed by atoms with Gasteiger partial charge < -0.3 is 15.0 Å². The number of allylic oxidation sites excluding steroid dienone is 2. The molecule has 1 N–H and O–H groups in total. The maximum atomic E-state index is 11.4. The molecule has 5 heteroatoms. The van der Waals surface area contributed by atoms with E-state index in [1.54, 1.807) is 13.1 Å². The highest BCUT2D eigenvalue weighted by atomic mass is 35.5. The van der Waals surface area contributed by atoms with E-state index in [1.807, 2.05) is 37.3 Å². The van der Waals surface area contributed by atoms with Crippen molar-refractivity contribution in [2.75, 3.05) is 28.3 Å². The number of ether oxygens (including phenoxy) is 1. The molecule has 0 saturated carbocycles. The predicted octanol–water partition coefficient (Wildman–Crippen LogP) is 1.85. The number of nitrogens with zero attached hydrogens (tertiary/aromatic N) is 1. The van der Waals surface area contributed by atoms with Crippen molar-refractivity contribution in [2.24, 2.45) is 0 Å². The lowest BCUT2D eigenvalue weighted by Gasteiger charge is -2.04. The quantitative estimate of drug-likeness (QED) is 0.342. The first kappa shape index (κ1) is 15.6. The molecular weight excluding hydrogens is 240 g/mol. The fourth-order valence-corrected chi connectivity index (χ4v) is 1.15. The first-order chi connectivity index (χ1) is 8.02. The zero-order valence-corrected chi connectivity index (χ0v) is 11.4. The van der Waals surface area contributed by atoms with Crippen molar-refractivity contribution < 1.29 is 9.53 Å². The van der Waals surface area contributed by atoms with Gasteiger partial charge >= 0.3 is 5.97 Å². The standard InChI is InChI=1S/C12H19ClN2O2/c1-14-11(13)10(12(16)17-4)8-6-5-7-9-15(2)3/h6-9,14H,5H2,1-4H3/b8-6-,9-7+,11-10+. The highest BCUT2D eigenvalue weighted by Gasteiger charge is 2.10. The SMILES string of the molecule is CN/C(Cl)=C(\C=C/C/C=C/N(C)C)C(=O)OC. The molecule has 0 radical (unpaired) electrons. The van der Waals surface area contributed by atoms with E-state index in [9.17, 15) is 4.79 Å². The minimum Gasteiger partial charge on any atom is -0.465 e. The Bertz CT molecular complexity index is 333. The van der Waals surface area contributed by atoms with Gasteiger partial charge in [0, 0.05) is 21.1 Å². The van der Waals surface area contributed by atoms with Crippen LogP contribution in [0, 0.1) is 0 Å². The molecule has 0 aliphatic heterocycles. The molecule has 0 aromatic carbocycles. The molecule has 4 nitrogen and oxygen atoms in total. The van der Waals surface area contributed by atoms with Crippen LogP contribution >= 0.6 is 11.6 Å². The summed E-state index contributed by atoms with van der Waals surface area (Å²) in [6.45, 7) is 0. The van der Waals surface area contributed by atoms with E-state index in [1.165, 1.54) is 7.11 Å². The molecule has 0 rings (SSSR count). The van der Waals surface area contributed by atoms with Crippen LogP contribution in [0.3, 0.4) is 0 Å². The second-order valence-corrected chi connectivity index (χ2v) is 3.83. The topological polar surface area (TPSA) is 41.6 Å². The number of carbonyl (C=O) groups is 1. The molecule has 0 saturated heterocycles. The lowest BCUT2D eigenvalue weighted by molar-refractivity contribution is -0.135. The van der Waals surface area contributed by atoms with Crippen LogP contribution in [-0.2, 0) is 9.53 Å². The molecular formula is C12H19ClN2O2. The number of nitrogens with one attached hydrogen (secondary N) is 1. The summed E-state index contributed by atoms with van der Waals surface area (Å²) in [6, 6.07) is 0. The van der Waals surface area contributed by atoms with E-state index in [4.69, 9.17) is 11.6 Å². The fourth-order valence-electron chi connectivity index (χ4n) is 1.01. The Labute approximate surface area is 108 Å². The molecule has 0 bridgehead atoms. The average molecular weight is 259 g/mol. The number of carbonyl (C=O) groups excluding carboxylic acids is 1. The Morgan fingerprint density at radius 1 is 1.41 bits per heavy atom. The van der Waals surface area contributed by atoms with Crippen molar-refractivity contribution in [1.82, 2.24) is 10.2 Å². The summed E-state index contributed by atoms with van der Waals surface area (Å²) >= 11 is 5.86. The first-order valence-corrected chi connectivity index (χ1v) is 5.56. The van der Waals surface area contributed by atoms with Gasteiger partial charge in [-0.25, -0.2) is 4.79 Å². The van der Waals surface area contributed by atoms with Crippen molar-refractivity contribution in [2.45, 2.75) is 6.42 Å². The van der Waals surface area contributed by atoms with E-state index in [0.717, 1.165) is 0 Å². The van der Waals surface area contributed by atoms with Gasteiger partial charge in [-0.1, -0.05) is 23.8 Å². The lowest BCUT2D eigenvalue weighted by atomic mass is 10.2. The Morgan fingerprint density at radius 2 is 2.06 bits per heavy atom. The van der Waals surface area contributed by atoms with Crippen LogP contribution in [0.1, 0.15) is 6.42 Å². The van der Waals surface area contributed by atoms with Gasteiger partial charge in [0.25, 0.3) is 0 Å². The second-order valence-electron chi connectivity index (χ2n) is 3.46. The molecule has 0 aliphatic carbocycles. The van der Waals surface area contributed by atoms with E-state index < -0.39 is 5.97 Å². The number of esters is 1. The van der Waals surface area contributed by atoms with Gasteiger partial charge in [-0.2, -0.15) is 0 Å². The Morgan fingerprint density at radius 3 is 2.53 bits per heavy atom. The van der Waals surface area contributed by atoms with E-state index in [-0.39, 0.29) is 5.16 Å². The van der Waals surface area contributed by atoms with Gasteiger partial charge in [0.15, 0.2) is 0 Å². The van der Waals surface area contributed by atoms with Gasteiger partial charge in [0.05, 0.1) is 12.7 Å². The summed E-state index contributed by atoms with van der Waals surface area (Å²) in [6.07, 6.45) is 8.10. The zero-order chi connectivity index (χ0) is 13.3. The summed E-state index contributed by atoms with van der Waals surface area (Å²) < 4.78 is 4.63. The third-order valence-corrected chi connectivity index (χ3v) is 2.21. The molecule has 0 heterocycles. The summed E-state index contributed by atoms with van der Waals surface area (Å²) in [5.74, 6) is -0.461. The van der Waals surface area contributed by atoms with Crippen LogP contribution in [0.2, 0.25) is 0 Å². The van der Waals surface area contributed by atoms with Gasteiger partial charge in [-0.05, 0) is 18.7 Å². The Kier molecular flexibility index (Phi) is 7.97. The zero-order valence-electron chi connectivity index (χ0n) is 10.7. The first-order valence-electron chi connectivity index (χ1n) is 5.18. The van der Waals surface area contributed by atoms with E-state index >= 15 is 0 Å². The number of hydrogen-bond acceptors (Lipinski definition) is 4. The van der Waals surface area contributed by atoms with E-state index in [2.05, 4.69) is 10.1 Å². The maximum Gasteiger partial charge on any atom is 0.340 e. The molecule has 0 atom stereocenters. The minimum absolute atomic E-state index is 0.268. The molecule has 0 spiro atoms. The number of hydrogen-bond donors (Lipinski definition) is 1. The summed E-state index contributed by atoms with van der Waals surface area (Å²) in [5, 5.41) is 2.97. The third kappa shape index (κ3) is 6.68.